The molecule has 4 N–H and O–H groups in total. The van der Waals surface area contributed by atoms with Crippen LogP contribution in [0.15, 0.2) is 48.8 Å². The summed E-state index contributed by atoms with van der Waals surface area (Å²) in [7, 11) is 0. The number of carbonyl (C=O) groups is 1. The number of anilines is 4. The van der Waals surface area contributed by atoms with Crippen LogP contribution in [0.1, 0.15) is 47.3 Å². The molecule has 0 atom stereocenters. The summed E-state index contributed by atoms with van der Waals surface area (Å²) in [5.41, 5.74) is 6.18. The predicted octanol–water partition coefficient (Wildman–Crippen LogP) is 4.40. The maximum atomic E-state index is 13.1. The van der Waals surface area contributed by atoms with Gasteiger partial charge in [-0.2, -0.15) is 0 Å². The Bertz CT molecular complexity index is 1170. The third-order valence-corrected chi connectivity index (χ3v) is 6.39. The van der Waals surface area contributed by atoms with Gasteiger partial charge in [-0.05, 0) is 59.7 Å². The number of nitrogens with one attached hydrogen (secondary N) is 4. The van der Waals surface area contributed by atoms with E-state index in [0.717, 1.165) is 43.1 Å². The van der Waals surface area contributed by atoms with Crippen molar-refractivity contribution in [3.8, 4) is 0 Å². The van der Waals surface area contributed by atoms with Crippen LogP contribution in [0, 0.1) is 0 Å². The van der Waals surface area contributed by atoms with Crippen molar-refractivity contribution < 1.29 is 4.79 Å². The zero-order chi connectivity index (χ0) is 22.1. The number of benzene rings is 1. The molecule has 0 bridgehead atoms. The van der Waals surface area contributed by atoms with Crippen LogP contribution >= 0.6 is 0 Å². The van der Waals surface area contributed by atoms with Gasteiger partial charge in [0.15, 0.2) is 0 Å². The zero-order valence-corrected chi connectivity index (χ0v) is 18.5. The van der Waals surface area contributed by atoms with Gasteiger partial charge in [-0.25, -0.2) is 9.97 Å². The average Bonchev–Trinajstić information content (AvgIpc) is 3.27. The van der Waals surface area contributed by atoms with Crippen molar-refractivity contribution in [2.45, 2.75) is 38.6 Å². The number of fused-ring (bicyclic) bond motifs is 2. The molecule has 3 aromatic rings. The maximum absolute atomic E-state index is 13.1. The zero-order valence-electron chi connectivity index (χ0n) is 18.5. The number of amides is 1. The molecule has 0 saturated heterocycles. The molecule has 0 saturated carbocycles. The Hall–Kier alpha value is -3.61. The molecule has 0 radical (unpaired) electrons. The molecule has 1 aromatic carbocycles. The van der Waals surface area contributed by atoms with Gasteiger partial charge in [-0.15, -0.1) is 0 Å². The number of hydrogen-bond donors (Lipinski definition) is 4. The van der Waals surface area contributed by atoms with Gasteiger partial charge < -0.3 is 21.3 Å². The van der Waals surface area contributed by atoms with Crippen LogP contribution < -0.4 is 21.3 Å². The molecule has 2 aromatic heterocycles. The van der Waals surface area contributed by atoms with Gasteiger partial charge in [0.2, 0.25) is 0 Å². The van der Waals surface area contributed by atoms with E-state index < -0.39 is 0 Å². The summed E-state index contributed by atoms with van der Waals surface area (Å²) in [6, 6.07) is 11.7. The molecule has 7 heteroatoms. The Labute approximate surface area is 188 Å². The quantitative estimate of drug-likeness (QED) is 0.481. The molecule has 32 heavy (non-hydrogen) atoms. The summed E-state index contributed by atoms with van der Waals surface area (Å²) in [5.74, 6) is 1.34. The largest absolute Gasteiger partial charge is 0.385 e. The first-order valence-electron chi connectivity index (χ1n) is 11.1. The van der Waals surface area contributed by atoms with E-state index in [9.17, 15) is 4.79 Å². The van der Waals surface area contributed by atoms with Gasteiger partial charge in [-0.3, -0.25) is 4.79 Å². The molecule has 2 aliphatic heterocycles. The number of rotatable bonds is 5. The van der Waals surface area contributed by atoms with Gasteiger partial charge in [-0.1, -0.05) is 19.9 Å². The van der Waals surface area contributed by atoms with Gasteiger partial charge in [0.25, 0.3) is 5.91 Å². The summed E-state index contributed by atoms with van der Waals surface area (Å²) < 4.78 is 0. The fourth-order valence-electron chi connectivity index (χ4n) is 4.54. The topological polar surface area (TPSA) is 91.0 Å². The highest BCUT2D eigenvalue weighted by molar-refractivity contribution is 6.07. The van der Waals surface area contributed by atoms with E-state index in [1.807, 2.05) is 24.4 Å². The third kappa shape index (κ3) is 3.86. The summed E-state index contributed by atoms with van der Waals surface area (Å²) in [6.45, 7) is 6.94. The van der Waals surface area contributed by atoms with E-state index in [1.165, 1.54) is 16.7 Å². The minimum Gasteiger partial charge on any atom is -0.385 e. The maximum Gasteiger partial charge on any atom is 0.259 e. The first kappa shape index (κ1) is 20.3. The fraction of sp³-hybridized carbons (Fsp3) is 0.320. The molecule has 4 heterocycles. The van der Waals surface area contributed by atoms with E-state index in [-0.39, 0.29) is 11.3 Å². The molecule has 0 aliphatic carbocycles. The minimum atomic E-state index is -0.183. The molecule has 5 rings (SSSR count). The summed E-state index contributed by atoms with van der Waals surface area (Å²) in [6.07, 6.45) is 5.56. The smallest absolute Gasteiger partial charge is 0.259 e. The first-order valence-corrected chi connectivity index (χ1v) is 11.1. The molecule has 164 valence electrons. The monoisotopic (exact) mass is 428 g/mol. The van der Waals surface area contributed by atoms with Gasteiger partial charge in [0, 0.05) is 49.0 Å². The van der Waals surface area contributed by atoms with Crippen LogP contribution in [-0.4, -0.2) is 29.0 Å². The lowest BCUT2D eigenvalue weighted by Gasteiger charge is -2.33. The summed E-state index contributed by atoms with van der Waals surface area (Å²) >= 11 is 0. The van der Waals surface area contributed by atoms with Crippen LogP contribution in [-0.2, 0) is 18.4 Å². The molecule has 0 unspecified atom stereocenters. The fourth-order valence-corrected chi connectivity index (χ4v) is 4.54. The standard InChI is InChI=1S/C25H28N6O/c1-25(2)9-13-26-21-14-17(5-6-20(21)25)31-24(32)19-4-3-10-27-23(19)30-15-16-7-11-28-22-18(16)8-12-29-22/h3-7,10-11,14,26H,8-9,12-13,15H2,1-2H3,(H,27,30)(H,28,29)(H,31,32). The Morgan fingerprint density at radius 1 is 1.09 bits per heavy atom. The molecule has 2 aliphatic rings. The highest BCUT2D eigenvalue weighted by Gasteiger charge is 2.27. The van der Waals surface area contributed by atoms with Gasteiger partial charge in [0.05, 0.1) is 5.56 Å². The number of pyridine rings is 2. The van der Waals surface area contributed by atoms with E-state index >= 15 is 0 Å². The Morgan fingerprint density at radius 2 is 2.00 bits per heavy atom. The molecule has 0 spiro atoms. The lowest BCUT2D eigenvalue weighted by atomic mass is 9.78. The van der Waals surface area contributed by atoms with Crippen LogP contribution in [0.25, 0.3) is 0 Å². The van der Waals surface area contributed by atoms with Crippen molar-refractivity contribution in [3.63, 3.8) is 0 Å². The number of carbonyl (C=O) groups excluding carboxylic acids is 1. The highest BCUT2D eigenvalue weighted by Crippen LogP contribution is 2.38. The first-order chi connectivity index (χ1) is 15.5. The third-order valence-electron chi connectivity index (χ3n) is 6.39. The lowest BCUT2D eigenvalue weighted by Crippen LogP contribution is -2.28. The van der Waals surface area contributed by atoms with E-state index in [2.05, 4.69) is 51.1 Å². The Morgan fingerprint density at radius 3 is 2.91 bits per heavy atom. The van der Waals surface area contributed by atoms with Crippen molar-refractivity contribution in [3.05, 3.63) is 71.0 Å². The normalized spacial score (nSPS) is 15.7. The average molecular weight is 429 g/mol. The van der Waals surface area contributed by atoms with Crippen molar-refractivity contribution >= 4 is 28.9 Å². The van der Waals surface area contributed by atoms with Crippen molar-refractivity contribution in [1.82, 2.24) is 9.97 Å². The number of hydrogen-bond acceptors (Lipinski definition) is 6. The molecular weight excluding hydrogens is 400 g/mol. The van der Waals surface area contributed by atoms with Gasteiger partial charge in [0.1, 0.15) is 11.6 Å². The van der Waals surface area contributed by atoms with Crippen LogP contribution in [0.3, 0.4) is 0 Å². The summed E-state index contributed by atoms with van der Waals surface area (Å²) in [4.78, 5) is 21.9. The van der Waals surface area contributed by atoms with Crippen LogP contribution in [0.4, 0.5) is 23.0 Å². The SMILES string of the molecule is CC1(C)CCNc2cc(NC(=O)c3cccnc3NCc3ccnc4c3CCN4)ccc21. The minimum absolute atomic E-state index is 0.131. The second kappa shape index (κ2) is 8.15. The van der Waals surface area contributed by atoms with Crippen LogP contribution in [0.5, 0.6) is 0 Å². The summed E-state index contributed by atoms with van der Waals surface area (Å²) in [5, 5.41) is 13.1. The Kier molecular flexibility index (Phi) is 5.17. The van der Waals surface area contributed by atoms with E-state index in [0.29, 0.717) is 17.9 Å². The molecule has 0 fully saturated rings. The van der Waals surface area contributed by atoms with Gasteiger partial charge >= 0.3 is 0 Å². The molecular formula is C25H28N6O. The van der Waals surface area contributed by atoms with Crippen molar-refractivity contribution in [2.75, 3.05) is 34.4 Å². The molecule has 7 nitrogen and oxygen atoms in total. The van der Waals surface area contributed by atoms with E-state index in [4.69, 9.17) is 0 Å². The highest BCUT2D eigenvalue weighted by atomic mass is 16.1. The second-order valence-electron chi connectivity index (χ2n) is 9.00. The second-order valence-corrected chi connectivity index (χ2v) is 9.00. The van der Waals surface area contributed by atoms with Crippen molar-refractivity contribution in [1.29, 1.82) is 0 Å². The van der Waals surface area contributed by atoms with E-state index in [1.54, 1.807) is 18.3 Å². The molecule has 1 amide bonds. The lowest BCUT2D eigenvalue weighted by molar-refractivity contribution is 0.102. The van der Waals surface area contributed by atoms with Crippen LogP contribution in [0.2, 0.25) is 0 Å². The Balaban J connectivity index is 1.33. The number of nitrogens with zero attached hydrogens (tertiary/aromatic N) is 2. The number of aromatic nitrogens is 2. The van der Waals surface area contributed by atoms with Crippen molar-refractivity contribution in [2.24, 2.45) is 0 Å². The predicted molar refractivity (Wildman–Crippen MR) is 129 cm³/mol.